The molecule has 0 aliphatic rings. The molecule has 0 aromatic rings. The number of ketones is 3. The molecule has 0 bridgehead atoms. The van der Waals surface area contributed by atoms with E-state index in [0.29, 0.717) is 0 Å². The quantitative estimate of drug-likeness (QED) is 0.654. The highest BCUT2D eigenvalue weighted by molar-refractivity contribution is 5.80. The van der Waals surface area contributed by atoms with Crippen LogP contribution in [-0.4, -0.2) is 51.0 Å². The molecule has 6 heteroatoms. The van der Waals surface area contributed by atoms with Crippen molar-refractivity contribution in [3.05, 3.63) is 0 Å². The van der Waals surface area contributed by atoms with Gasteiger partial charge in [0.05, 0.1) is 0 Å². The van der Waals surface area contributed by atoms with Crippen LogP contribution >= 0.6 is 0 Å². The van der Waals surface area contributed by atoms with Gasteiger partial charge in [-0.1, -0.05) is 0 Å². The normalized spacial score (nSPS) is 13.8. The van der Waals surface area contributed by atoms with Gasteiger partial charge in [-0.2, -0.15) is 0 Å². The lowest BCUT2D eigenvalue weighted by Crippen LogP contribution is -2.10. The van der Waals surface area contributed by atoms with Gasteiger partial charge in [0, 0.05) is 0 Å². The molecule has 3 unspecified atom stereocenters. The number of aliphatic hydroxyl groups excluding tert-OH is 3. The van der Waals surface area contributed by atoms with Gasteiger partial charge in [-0.3, -0.25) is 14.4 Å². The van der Waals surface area contributed by atoms with Crippen LogP contribution in [0.5, 0.6) is 0 Å². The van der Waals surface area contributed by atoms with E-state index >= 15 is 0 Å². The van der Waals surface area contributed by atoms with Crippen LogP contribution in [0.25, 0.3) is 0 Å². The van der Waals surface area contributed by atoms with Gasteiger partial charge in [-0.25, -0.2) is 0 Å². The predicted molar refractivity (Wildman–Crippen MR) is 67.1 cm³/mol. The fourth-order valence-electron chi connectivity index (χ4n) is 0. The molecule has 3 atom stereocenters. The molecule has 0 aliphatic heterocycles. The number of carbonyl (C=O) groups excluding carboxylic acids is 3. The SMILES string of the molecule is CC(=O)C(C)O.CC(=O)C(C)O.CC(=O)C(C)O. The molecular weight excluding hydrogens is 240 g/mol. The molecule has 3 N–H and O–H groups in total. The maximum atomic E-state index is 9.89. The molecule has 0 aromatic carbocycles. The summed E-state index contributed by atoms with van der Waals surface area (Å²) in [4.78, 5) is 29.7. The number of carbonyl (C=O) groups is 3. The molecule has 0 rings (SSSR count). The second-order valence-electron chi connectivity index (χ2n) is 3.86. The second kappa shape index (κ2) is 12.3. The molecule has 18 heavy (non-hydrogen) atoms. The number of hydrogen-bond acceptors (Lipinski definition) is 6. The van der Waals surface area contributed by atoms with Crippen molar-refractivity contribution in [2.75, 3.05) is 0 Å². The van der Waals surface area contributed by atoms with E-state index in [-0.39, 0.29) is 17.3 Å². The molecule has 0 aliphatic carbocycles. The summed E-state index contributed by atoms with van der Waals surface area (Å²) in [6.07, 6.45) is -2.36. The summed E-state index contributed by atoms with van der Waals surface area (Å²) in [7, 11) is 0. The Kier molecular flexibility index (Phi) is 15.2. The van der Waals surface area contributed by atoms with Gasteiger partial charge in [0.25, 0.3) is 0 Å². The zero-order valence-electron chi connectivity index (χ0n) is 11.8. The monoisotopic (exact) mass is 264 g/mol. The number of hydrogen-bond donors (Lipinski definition) is 3. The molecule has 0 aromatic heterocycles. The Balaban J connectivity index is -0.000000187. The van der Waals surface area contributed by atoms with Crippen molar-refractivity contribution in [1.29, 1.82) is 0 Å². The van der Waals surface area contributed by atoms with E-state index in [9.17, 15) is 14.4 Å². The van der Waals surface area contributed by atoms with Crippen molar-refractivity contribution < 1.29 is 29.7 Å². The summed E-state index contributed by atoms with van der Waals surface area (Å²) in [5.74, 6) is -0.556. The van der Waals surface area contributed by atoms with Gasteiger partial charge in [-0.05, 0) is 41.5 Å². The molecular formula is C12H24O6. The molecule has 108 valence electrons. The first-order chi connectivity index (χ1) is 7.93. The third kappa shape index (κ3) is 24.2. The molecule has 0 saturated heterocycles. The summed E-state index contributed by atoms with van der Waals surface area (Å²) in [5, 5.41) is 24.8. The Morgan fingerprint density at radius 2 is 0.667 bits per heavy atom. The highest BCUT2D eigenvalue weighted by Gasteiger charge is 1.98. The van der Waals surface area contributed by atoms with Crippen LogP contribution in [0.3, 0.4) is 0 Å². The minimum absolute atomic E-state index is 0.185. The lowest BCUT2D eigenvalue weighted by Gasteiger charge is -1.90. The molecule has 0 radical (unpaired) electrons. The van der Waals surface area contributed by atoms with Gasteiger partial charge in [-0.15, -0.1) is 0 Å². The molecule has 0 spiro atoms. The van der Waals surface area contributed by atoms with E-state index in [2.05, 4.69) is 0 Å². The molecule has 0 fully saturated rings. The van der Waals surface area contributed by atoms with Crippen molar-refractivity contribution in [2.45, 2.75) is 59.9 Å². The molecule has 0 heterocycles. The Morgan fingerprint density at radius 1 is 0.611 bits per heavy atom. The first kappa shape index (κ1) is 22.1. The summed E-state index contributed by atoms with van der Waals surface area (Å²) >= 11 is 0. The van der Waals surface area contributed by atoms with Gasteiger partial charge < -0.3 is 15.3 Å². The van der Waals surface area contributed by atoms with E-state index < -0.39 is 18.3 Å². The third-order valence-electron chi connectivity index (χ3n) is 1.76. The van der Waals surface area contributed by atoms with E-state index in [1.807, 2.05) is 0 Å². The molecule has 6 nitrogen and oxygen atoms in total. The van der Waals surface area contributed by atoms with Crippen molar-refractivity contribution >= 4 is 17.3 Å². The average molecular weight is 264 g/mol. The Morgan fingerprint density at radius 3 is 0.667 bits per heavy atom. The van der Waals surface area contributed by atoms with Gasteiger partial charge in [0.1, 0.15) is 18.3 Å². The maximum absolute atomic E-state index is 9.89. The lowest BCUT2D eigenvalue weighted by atomic mass is 10.3. The average Bonchev–Trinajstić information content (AvgIpc) is 2.18. The van der Waals surface area contributed by atoms with Crippen LogP contribution < -0.4 is 0 Å². The van der Waals surface area contributed by atoms with Crippen LogP contribution in [0, 0.1) is 0 Å². The van der Waals surface area contributed by atoms with Crippen LogP contribution in [0.4, 0.5) is 0 Å². The highest BCUT2D eigenvalue weighted by Crippen LogP contribution is 1.77. The number of rotatable bonds is 3. The van der Waals surface area contributed by atoms with E-state index in [4.69, 9.17) is 15.3 Å². The van der Waals surface area contributed by atoms with Crippen LogP contribution in [-0.2, 0) is 14.4 Å². The Hall–Kier alpha value is -1.11. The van der Waals surface area contributed by atoms with Crippen molar-refractivity contribution in [2.24, 2.45) is 0 Å². The zero-order valence-corrected chi connectivity index (χ0v) is 11.8. The van der Waals surface area contributed by atoms with Crippen molar-refractivity contribution in [3.63, 3.8) is 0 Å². The van der Waals surface area contributed by atoms with E-state index in [0.717, 1.165) is 0 Å². The molecule has 0 amide bonds. The fourth-order valence-corrected chi connectivity index (χ4v) is 0. The van der Waals surface area contributed by atoms with E-state index in [1.54, 1.807) is 0 Å². The smallest absolute Gasteiger partial charge is 0.157 e. The Labute approximate surface area is 108 Å². The molecule has 0 saturated carbocycles. The van der Waals surface area contributed by atoms with Crippen LogP contribution in [0.2, 0.25) is 0 Å². The third-order valence-corrected chi connectivity index (χ3v) is 1.76. The maximum Gasteiger partial charge on any atom is 0.157 e. The largest absolute Gasteiger partial charge is 0.386 e. The summed E-state index contributed by atoms with van der Waals surface area (Å²) in [5.41, 5.74) is 0. The van der Waals surface area contributed by atoms with E-state index in [1.165, 1.54) is 41.5 Å². The Bertz CT molecular complexity index is 212. The zero-order chi connectivity index (χ0) is 15.5. The minimum atomic E-state index is -0.787. The first-order valence-corrected chi connectivity index (χ1v) is 5.49. The van der Waals surface area contributed by atoms with Crippen LogP contribution in [0.15, 0.2) is 0 Å². The standard InChI is InChI=1S/3C4H8O2/c3*1-3(5)4(2)6/h3*3,5H,1-2H3. The summed E-state index contributed by atoms with van der Waals surface area (Å²) in [6.45, 7) is 8.40. The van der Waals surface area contributed by atoms with Gasteiger partial charge in [0.2, 0.25) is 0 Å². The number of Topliss-reactive ketones (excluding diaryl/α,β-unsaturated/α-hetero) is 3. The fraction of sp³-hybridized carbons (Fsp3) is 0.750. The highest BCUT2D eigenvalue weighted by atomic mass is 16.3. The minimum Gasteiger partial charge on any atom is -0.386 e. The van der Waals surface area contributed by atoms with Gasteiger partial charge >= 0.3 is 0 Å². The summed E-state index contributed by atoms with van der Waals surface area (Å²) in [6, 6.07) is 0. The first-order valence-electron chi connectivity index (χ1n) is 5.49. The summed E-state index contributed by atoms with van der Waals surface area (Å²) < 4.78 is 0. The number of aliphatic hydroxyl groups is 3. The van der Waals surface area contributed by atoms with Crippen molar-refractivity contribution in [3.8, 4) is 0 Å². The predicted octanol–water partition coefficient (Wildman–Crippen LogP) is -0.131. The lowest BCUT2D eigenvalue weighted by molar-refractivity contribution is -0.124. The van der Waals surface area contributed by atoms with Gasteiger partial charge in [0.15, 0.2) is 17.3 Å². The van der Waals surface area contributed by atoms with Crippen LogP contribution in [0.1, 0.15) is 41.5 Å². The second-order valence-corrected chi connectivity index (χ2v) is 3.86. The topological polar surface area (TPSA) is 112 Å². The van der Waals surface area contributed by atoms with Crippen molar-refractivity contribution in [1.82, 2.24) is 0 Å².